The number of hydrogen-bond donors (Lipinski definition) is 0. The molecule has 0 fully saturated rings. The normalized spacial score (nSPS) is 14.0. The minimum absolute atomic E-state index is 0.248. The van der Waals surface area contributed by atoms with Crippen LogP contribution in [0.3, 0.4) is 0 Å². The molecule has 33 heavy (non-hydrogen) atoms. The van der Waals surface area contributed by atoms with Crippen molar-refractivity contribution >= 4 is 0 Å². The summed E-state index contributed by atoms with van der Waals surface area (Å²) in [5, 5.41) is 0. The molecule has 0 amide bonds. The average molecular weight is 421 g/mol. The molecule has 5 aromatic carbocycles. The summed E-state index contributed by atoms with van der Waals surface area (Å²) in [6.45, 7) is 2.15. The topological polar surface area (TPSA) is 0 Å². The van der Waals surface area contributed by atoms with Gasteiger partial charge in [-0.2, -0.15) is 0 Å². The van der Waals surface area contributed by atoms with Gasteiger partial charge < -0.3 is 0 Å². The Morgan fingerprint density at radius 1 is 0.455 bits per heavy atom. The Bertz CT molecular complexity index is 1470. The van der Waals surface area contributed by atoms with Crippen LogP contribution < -0.4 is 0 Å². The molecule has 0 N–H and O–H groups in total. The second-order valence-corrected chi connectivity index (χ2v) is 9.43. The summed E-state index contributed by atoms with van der Waals surface area (Å²) in [6.07, 6.45) is 0.948. The monoisotopic (exact) mass is 420 g/mol. The van der Waals surface area contributed by atoms with E-state index in [2.05, 4.69) is 122 Å². The Morgan fingerprint density at radius 3 is 1.45 bits per heavy atom. The molecule has 0 bridgehead atoms. The lowest BCUT2D eigenvalue weighted by molar-refractivity contribution is 0.792. The molecule has 0 atom stereocenters. The summed E-state index contributed by atoms with van der Waals surface area (Å²) in [5.41, 5.74) is 14.9. The Balaban J connectivity index is 1.52. The first-order valence-corrected chi connectivity index (χ1v) is 11.7. The Labute approximate surface area is 195 Å². The van der Waals surface area contributed by atoms with Gasteiger partial charge in [0.2, 0.25) is 0 Å². The Morgan fingerprint density at radius 2 is 0.909 bits per heavy atom. The number of fused-ring (bicyclic) bond motifs is 10. The van der Waals surface area contributed by atoms with E-state index in [4.69, 9.17) is 0 Å². The Hall–Kier alpha value is -3.90. The fourth-order valence-corrected chi connectivity index (χ4v) is 6.19. The van der Waals surface area contributed by atoms with E-state index in [1.165, 1.54) is 61.2 Å². The maximum absolute atomic E-state index is 2.48. The van der Waals surface area contributed by atoms with E-state index in [0.717, 1.165) is 6.42 Å². The first-order valence-electron chi connectivity index (χ1n) is 11.7. The minimum Gasteiger partial charge on any atom is -0.0619 e. The molecule has 7 rings (SSSR count). The maximum Gasteiger partial charge on any atom is 0.0725 e. The van der Waals surface area contributed by atoms with Crippen molar-refractivity contribution in [3.05, 3.63) is 154 Å². The predicted molar refractivity (Wildman–Crippen MR) is 137 cm³/mol. The third-order valence-electron chi connectivity index (χ3n) is 7.59. The molecule has 0 unspecified atom stereocenters. The fraction of sp³-hybridized carbons (Fsp3) is 0.0909. The lowest BCUT2D eigenvalue weighted by Crippen LogP contribution is -2.26. The molecule has 0 saturated heterocycles. The van der Waals surface area contributed by atoms with Gasteiger partial charge in [0.05, 0.1) is 5.41 Å². The largest absolute Gasteiger partial charge is 0.0725 e. The van der Waals surface area contributed by atoms with Crippen LogP contribution >= 0.6 is 0 Å². The summed E-state index contributed by atoms with van der Waals surface area (Å²) in [5.74, 6) is 0. The third-order valence-corrected chi connectivity index (χ3v) is 7.59. The highest BCUT2D eigenvalue weighted by atomic mass is 14.5. The van der Waals surface area contributed by atoms with Crippen molar-refractivity contribution in [1.29, 1.82) is 0 Å². The lowest BCUT2D eigenvalue weighted by atomic mass is 9.70. The van der Waals surface area contributed by atoms with Gasteiger partial charge in [-0.3, -0.25) is 0 Å². The van der Waals surface area contributed by atoms with Gasteiger partial charge in [-0.15, -0.1) is 0 Å². The highest BCUT2D eigenvalue weighted by Crippen LogP contribution is 2.62. The fourth-order valence-electron chi connectivity index (χ4n) is 6.19. The van der Waals surface area contributed by atoms with Crippen molar-refractivity contribution in [3.8, 4) is 22.3 Å². The van der Waals surface area contributed by atoms with Crippen LogP contribution in [0.2, 0.25) is 0 Å². The van der Waals surface area contributed by atoms with Gasteiger partial charge in [-0.1, -0.05) is 121 Å². The third kappa shape index (κ3) is 2.47. The molecule has 0 saturated carbocycles. The molecule has 156 valence electrons. The number of rotatable bonds is 2. The second kappa shape index (κ2) is 6.80. The highest BCUT2D eigenvalue weighted by molar-refractivity contribution is 5.94. The molecule has 1 spiro atoms. The van der Waals surface area contributed by atoms with Crippen molar-refractivity contribution in [1.82, 2.24) is 0 Å². The van der Waals surface area contributed by atoms with Crippen LogP contribution in [0.5, 0.6) is 0 Å². The summed E-state index contributed by atoms with van der Waals surface area (Å²) in [6, 6.07) is 43.1. The lowest BCUT2D eigenvalue weighted by Gasteiger charge is -2.30. The zero-order valence-electron chi connectivity index (χ0n) is 18.7. The van der Waals surface area contributed by atoms with E-state index in [9.17, 15) is 0 Å². The van der Waals surface area contributed by atoms with Gasteiger partial charge in [0, 0.05) is 0 Å². The van der Waals surface area contributed by atoms with Crippen molar-refractivity contribution in [3.63, 3.8) is 0 Å². The zero-order valence-corrected chi connectivity index (χ0v) is 18.7. The van der Waals surface area contributed by atoms with Crippen molar-refractivity contribution in [2.24, 2.45) is 0 Å². The molecular formula is C33H24. The summed E-state index contributed by atoms with van der Waals surface area (Å²) in [4.78, 5) is 0. The first kappa shape index (κ1) is 18.7. The van der Waals surface area contributed by atoms with E-state index in [1.807, 2.05) is 0 Å². The number of hydrogen-bond acceptors (Lipinski definition) is 0. The van der Waals surface area contributed by atoms with Crippen LogP contribution in [-0.4, -0.2) is 0 Å². The molecule has 2 aliphatic rings. The van der Waals surface area contributed by atoms with Gasteiger partial charge in [-0.25, -0.2) is 0 Å². The van der Waals surface area contributed by atoms with Gasteiger partial charge in [-0.05, 0) is 69.0 Å². The van der Waals surface area contributed by atoms with Crippen LogP contribution in [0.25, 0.3) is 22.3 Å². The van der Waals surface area contributed by atoms with Crippen LogP contribution in [0.1, 0.15) is 38.9 Å². The molecule has 0 heteroatoms. The molecular weight excluding hydrogens is 396 g/mol. The van der Waals surface area contributed by atoms with E-state index in [-0.39, 0.29) is 5.41 Å². The second-order valence-electron chi connectivity index (χ2n) is 9.43. The maximum atomic E-state index is 2.48. The molecule has 0 aromatic heterocycles. The predicted octanol–water partition coefficient (Wildman–Crippen LogP) is 7.93. The minimum atomic E-state index is -0.248. The summed E-state index contributed by atoms with van der Waals surface area (Å²) in [7, 11) is 0. The molecule has 0 nitrogen and oxygen atoms in total. The van der Waals surface area contributed by atoms with Crippen molar-refractivity contribution in [2.45, 2.75) is 18.8 Å². The molecule has 5 aromatic rings. The Kier molecular flexibility index (Phi) is 3.84. The van der Waals surface area contributed by atoms with E-state index >= 15 is 0 Å². The van der Waals surface area contributed by atoms with E-state index < -0.39 is 0 Å². The smallest absolute Gasteiger partial charge is 0.0619 e. The molecule has 0 aliphatic heterocycles. The number of benzene rings is 5. The van der Waals surface area contributed by atoms with Gasteiger partial charge >= 0.3 is 0 Å². The van der Waals surface area contributed by atoms with Crippen LogP contribution in [0, 0.1) is 6.92 Å². The van der Waals surface area contributed by atoms with Crippen molar-refractivity contribution in [2.75, 3.05) is 0 Å². The van der Waals surface area contributed by atoms with Crippen molar-refractivity contribution < 1.29 is 0 Å². The summed E-state index contributed by atoms with van der Waals surface area (Å²) >= 11 is 0. The zero-order chi connectivity index (χ0) is 22.0. The van der Waals surface area contributed by atoms with Crippen LogP contribution in [-0.2, 0) is 11.8 Å². The van der Waals surface area contributed by atoms with Crippen LogP contribution in [0.15, 0.2) is 115 Å². The van der Waals surface area contributed by atoms with Crippen LogP contribution in [0.4, 0.5) is 0 Å². The molecule has 0 heterocycles. The SMILES string of the molecule is Cc1ccc(Cc2ccc3c(c2)C2(c4ccccc4-c4ccccc42)c2ccccc2-3)cc1. The number of aryl methyl sites for hydroxylation is 1. The van der Waals surface area contributed by atoms with Gasteiger partial charge in [0.15, 0.2) is 0 Å². The molecule has 2 aliphatic carbocycles. The van der Waals surface area contributed by atoms with E-state index in [1.54, 1.807) is 0 Å². The standard InChI is InChI=1S/C33H24/c1-22-14-16-23(17-15-22)20-24-18-19-28-27-10-4-7-13-31(27)33(32(28)21-24)29-11-5-2-8-25(29)26-9-3-6-12-30(26)33/h2-19,21H,20H2,1H3. The highest BCUT2D eigenvalue weighted by Gasteiger charge is 2.51. The summed E-state index contributed by atoms with van der Waals surface area (Å²) < 4.78 is 0. The van der Waals surface area contributed by atoms with Gasteiger partial charge in [0.1, 0.15) is 0 Å². The first-order chi connectivity index (χ1) is 16.3. The molecule has 0 radical (unpaired) electrons. The van der Waals surface area contributed by atoms with E-state index in [0.29, 0.717) is 0 Å². The average Bonchev–Trinajstić information content (AvgIpc) is 3.33. The van der Waals surface area contributed by atoms with Gasteiger partial charge in [0.25, 0.3) is 0 Å². The quantitative estimate of drug-likeness (QED) is 0.266.